The Balaban J connectivity index is 1.87. The van der Waals surface area contributed by atoms with E-state index in [0.29, 0.717) is 9.56 Å². The Hall–Kier alpha value is -2.62. The summed E-state index contributed by atoms with van der Waals surface area (Å²) >= 11 is 0.916. The molecule has 0 aliphatic carbocycles. The van der Waals surface area contributed by atoms with Crippen LogP contribution in [0.1, 0.15) is 26.5 Å². The van der Waals surface area contributed by atoms with Crippen LogP contribution in [0.5, 0.6) is 0 Å². The number of carbonyl (C=O) groups is 1. The van der Waals surface area contributed by atoms with Gasteiger partial charge < -0.3 is 0 Å². The largest absolute Gasteiger partial charge is 0.433 e. The number of rotatable bonds is 3. The number of aromatic nitrogens is 2. The molecule has 3 nitrogen and oxygen atoms in total. The van der Waals surface area contributed by atoms with Gasteiger partial charge in [-0.15, -0.1) is 11.3 Å². The molecule has 0 saturated carbocycles. The molecular formula is C17H10F6N2OS. The van der Waals surface area contributed by atoms with E-state index < -0.39 is 29.4 Å². The molecule has 0 aliphatic heterocycles. The second-order valence-corrected chi connectivity index (χ2v) is 6.69. The molecule has 0 aliphatic rings. The second-order valence-electron chi connectivity index (χ2n) is 5.60. The first-order valence-electron chi connectivity index (χ1n) is 7.40. The van der Waals surface area contributed by atoms with E-state index in [1.54, 1.807) is 0 Å². The number of alkyl halides is 6. The molecule has 0 saturated heterocycles. The third kappa shape index (κ3) is 3.90. The number of thiophene rings is 1. The van der Waals surface area contributed by atoms with Crippen LogP contribution in [-0.2, 0) is 19.4 Å². The predicted octanol–water partition coefficient (Wildman–Crippen LogP) is 5.42. The minimum Gasteiger partial charge on any atom is -0.288 e. The standard InChI is InChI=1S/C17H10F6N2OS/c1-25-14(17(21,22)23)8-11(24-25)12-6-7-13(27-12)15(26)9-2-4-10(5-3-9)16(18,19)20/h2-8H,1H3. The monoisotopic (exact) mass is 404 g/mol. The summed E-state index contributed by atoms with van der Waals surface area (Å²) in [7, 11) is 1.16. The summed E-state index contributed by atoms with van der Waals surface area (Å²) in [4.78, 5) is 12.9. The van der Waals surface area contributed by atoms with Crippen molar-refractivity contribution in [3.8, 4) is 10.6 Å². The Morgan fingerprint density at radius 3 is 2.11 bits per heavy atom. The average molecular weight is 404 g/mol. The Morgan fingerprint density at radius 2 is 1.59 bits per heavy atom. The second kappa shape index (κ2) is 6.52. The fraction of sp³-hybridized carbons (Fsp3) is 0.176. The highest BCUT2D eigenvalue weighted by Crippen LogP contribution is 2.35. The Kier molecular flexibility index (Phi) is 4.62. The summed E-state index contributed by atoms with van der Waals surface area (Å²) in [6.07, 6.45) is -9.07. The lowest BCUT2D eigenvalue weighted by Crippen LogP contribution is -2.11. The van der Waals surface area contributed by atoms with E-state index in [2.05, 4.69) is 5.10 Å². The van der Waals surface area contributed by atoms with Crippen LogP contribution in [0.4, 0.5) is 26.3 Å². The number of ketones is 1. The van der Waals surface area contributed by atoms with Crippen molar-refractivity contribution in [2.45, 2.75) is 12.4 Å². The number of hydrogen-bond donors (Lipinski definition) is 0. The van der Waals surface area contributed by atoms with Gasteiger partial charge in [-0.25, -0.2) is 0 Å². The van der Waals surface area contributed by atoms with Crippen molar-refractivity contribution in [3.05, 3.63) is 64.2 Å². The number of nitrogens with zero attached hydrogens (tertiary/aromatic N) is 2. The van der Waals surface area contributed by atoms with Crippen LogP contribution in [-0.4, -0.2) is 15.6 Å². The van der Waals surface area contributed by atoms with E-state index in [4.69, 9.17) is 0 Å². The summed E-state index contributed by atoms with van der Waals surface area (Å²) in [5, 5.41) is 3.80. The van der Waals surface area contributed by atoms with Gasteiger partial charge in [0.25, 0.3) is 0 Å². The molecule has 3 rings (SSSR count). The normalized spacial score (nSPS) is 12.4. The van der Waals surface area contributed by atoms with E-state index in [0.717, 1.165) is 48.7 Å². The van der Waals surface area contributed by atoms with Crippen molar-refractivity contribution >= 4 is 17.1 Å². The Bertz CT molecular complexity index is 982. The van der Waals surface area contributed by atoms with Crippen LogP contribution in [0.3, 0.4) is 0 Å². The highest BCUT2D eigenvalue weighted by Gasteiger charge is 2.35. The molecule has 0 N–H and O–H groups in total. The molecule has 0 bridgehead atoms. The minimum absolute atomic E-state index is 0.0494. The van der Waals surface area contributed by atoms with Gasteiger partial charge in [0, 0.05) is 12.6 Å². The lowest BCUT2D eigenvalue weighted by molar-refractivity contribution is -0.143. The van der Waals surface area contributed by atoms with Crippen LogP contribution < -0.4 is 0 Å². The molecular weight excluding hydrogens is 394 g/mol. The summed E-state index contributed by atoms with van der Waals surface area (Å²) in [6.45, 7) is 0. The smallest absolute Gasteiger partial charge is 0.288 e. The summed E-state index contributed by atoms with van der Waals surface area (Å²) in [5.41, 5.74) is -1.70. The van der Waals surface area contributed by atoms with E-state index in [-0.39, 0.29) is 16.1 Å². The topological polar surface area (TPSA) is 34.9 Å². The molecule has 0 atom stereocenters. The third-order valence-corrected chi connectivity index (χ3v) is 4.83. The number of benzene rings is 1. The van der Waals surface area contributed by atoms with E-state index in [9.17, 15) is 31.1 Å². The highest BCUT2D eigenvalue weighted by molar-refractivity contribution is 7.17. The third-order valence-electron chi connectivity index (χ3n) is 3.73. The van der Waals surface area contributed by atoms with Gasteiger partial charge in [-0.05, 0) is 30.3 Å². The Morgan fingerprint density at radius 1 is 0.963 bits per heavy atom. The van der Waals surface area contributed by atoms with Gasteiger partial charge in [0.1, 0.15) is 11.4 Å². The van der Waals surface area contributed by atoms with Crippen LogP contribution in [0.2, 0.25) is 0 Å². The zero-order valence-electron chi connectivity index (χ0n) is 13.5. The van der Waals surface area contributed by atoms with Crippen molar-refractivity contribution in [1.82, 2.24) is 9.78 Å². The maximum absolute atomic E-state index is 12.9. The first-order valence-corrected chi connectivity index (χ1v) is 8.22. The van der Waals surface area contributed by atoms with E-state index in [1.165, 1.54) is 12.1 Å². The van der Waals surface area contributed by atoms with Crippen molar-refractivity contribution in [3.63, 3.8) is 0 Å². The number of carbonyl (C=O) groups excluding carboxylic acids is 1. The SMILES string of the molecule is Cn1nc(-c2ccc(C(=O)c3ccc(C(F)(F)F)cc3)s2)cc1C(F)(F)F. The van der Waals surface area contributed by atoms with Crippen molar-refractivity contribution in [2.75, 3.05) is 0 Å². The van der Waals surface area contributed by atoms with Crippen molar-refractivity contribution < 1.29 is 31.1 Å². The van der Waals surface area contributed by atoms with Crippen molar-refractivity contribution in [2.24, 2.45) is 7.05 Å². The minimum atomic E-state index is -4.56. The molecule has 0 unspecified atom stereocenters. The molecule has 2 heterocycles. The molecule has 10 heteroatoms. The highest BCUT2D eigenvalue weighted by atomic mass is 32.1. The summed E-state index contributed by atoms with van der Waals surface area (Å²) < 4.78 is 77.0. The number of halogens is 6. The summed E-state index contributed by atoms with van der Waals surface area (Å²) in [5.74, 6) is -0.521. The molecule has 3 aromatic rings. The quantitative estimate of drug-likeness (QED) is 0.432. The molecule has 0 radical (unpaired) electrons. The zero-order chi connectivity index (χ0) is 20.0. The van der Waals surface area contributed by atoms with Crippen LogP contribution in [0.15, 0.2) is 42.5 Å². The van der Waals surface area contributed by atoms with E-state index >= 15 is 0 Å². The molecule has 0 amide bonds. The van der Waals surface area contributed by atoms with Gasteiger partial charge in [0.15, 0.2) is 0 Å². The molecule has 1 aromatic carbocycles. The van der Waals surface area contributed by atoms with Gasteiger partial charge in [-0.1, -0.05) is 12.1 Å². The van der Waals surface area contributed by atoms with Gasteiger partial charge in [-0.2, -0.15) is 31.4 Å². The van der Waals surface area contributed by atoms with Crippen LogP contribution in [0, 0.1) is 0 Å². The fourth-order valence-corrected chi connectivity index (χ4v) is 3.33. The average Bonchev–Trinajstić information content (AvgIpc) is 3.19. The van der Waals surface area contributed by atoms with Gasteiger partial charge in [-0.3, -0.25) is 9.48 Å². The first-order chi connectivity index (χ1) is 12.5. The van der Waals surface area contributed by atoms with Gasteiger partial charge in [0.05, 0.1) is 15.3 Å². The number of hydrogen-bond acceptors (Lipinski definition) is 3. The zero-order valence-corrected chi connectivity index (χ0v) is 14.3. The van der Waals surface area contributed by atoms with E-state index in [1.807, 2.05) is 0 Å². The fourth-order valence-electron chi connectivity index (χ4n) is 2.40. The predicted molar refractivity (Wildman–Crippen MR) is 86.4 cm³/mol. The molecule has 142 valence electrons. The van der Waals surface area contributed by atoms with Crippen molar-refractivity contribution in [1.29, 1.82) is 0 Å². The molecule has 2 aromatic heterocycles. The van der Waals surface area contributed by atoms with Gasteiger partial charge in [0.2, 0.25) is 5.78 Å². The van der Waals surface area contributed by atoms with Crippen LogP contribution >= 0.6 is 11.3 Å². The molecule has 0 spiro atoms. The lowest BCUT2D eigenvalue weighted by atomic mass is 10.1. The Labute approximate surface area is 152 Å². The molecule has 0 fully saturated rings. The van der Waals surface area contributed by atoms with Gasteiger partial charge >= 0.3 is 12.4 Å². The molecule has 27 heavy (non-hydrogen) atoms. The maximum Gasteiger partial charge on any atom is 0.433 e. The first kappa shape index (κ1) is 19.2. The summed E-state index contributed by atoms with van der Waals surface area (Å²) in [6, 6.07) is 7.46. The number of aryl methyl sites for hydroxylation is 1. The van der Waals surface area contributed by atoms with Crippen LogP contribution in [0.25, 0.3) is 10.6 Å². The lowest BCUT2D eigenvalue weighted by Gasteiger charge is -2.06. The maximum atomic E-state index is 12.9.